The molecule has 1 atom stereocenters. The van der Waals surface area contributed by atoms with Crippen LogP contribution in [-0.4, -0.2) is 15.9 Å². The smallest absolute Gasteiger partial charge is 0.237 e. The summed E-state index contributed by atoms with van der Waals surface area (Å²) in [5, 5.41) is 3.27. The second kappa shape index (κ2) is 6.74. The van der Waals surface area contributed by atoms with Gasteiger partial charge in [-0.1, -0.05) is 17.7 Å². The number of benzene rings is 2. The van der Waals surface area contributed by atoms with Gasteiger partial charge in [-0.15, -0.1) is 0 Å². The summed E-state index contributed by atoms with van der Waals surface area (Å²) in [6, 6.07) is 11.9. The van der Waals surface area contributed by atoms with Crippen molar-refractivity contribution in [2.45, 2.75) is 11.8 Å². The summed E-state index contributed by atoms with van der Waals surface area (Å²) in [5.74, 6) is -0.440. The normalized spacial score (nSPS) is 11.9. The molecule has 0 saturated heterocycles. The quantitative estimate of drug-likeness (QED) is 0.850. The number of carbonyl (C=O) groups is 1. The Labute approximate surface area is 130 Å². The molecule has 2 aromatic carbocycles. The predicted octanol–water partition coefficient (Wildman–Crippen LogP) is 2.98. The van der Waals surface area contributed by atoms with Gasteiger partial charge < -0.3 is 11.1 Å². The second-order valence-corrected chi connectivity index (χ2v) is 6.37. The maximum Gasteiger partial charge on any atom is 0.237 e. The van der Waals surface area contributed by atoms with E-state index in [9.17, 15) is 9.00 Å². The van der Waals surface area contributed by atoms with Crippen LogP contribution in [-0.2, 0) is 15.6 Å². The van der Waals surface area contributed by atoms with Gasteiger partial charge in [0.1, 0.15) is 5.75 Å². The van der Waals surface area contributed by atoms with Gasteiger partial charge in [-0.25, -0.2) is 0 Å². The largest absolute Gasteiger partial charge is 0.398 e. The van der Waals surface area contributed by atoms with Crippen LogP contribution >= 0.6 is 11.6 Å². The molecule has 0 radical (unpaired) electrons. The number of halogens is 1. The lowest BCUT2D eigenvalue weighted by Gasteiger charge is -2.09. The van der Waals surface area contributed by atoms with E-state index in [0.29, 0.717) is 21.3 Å². The average molecular weight is 323 g/mol. The van der Waals surface area contributed by atoms with Crippen molar-refractivity contribution in [1.82, 2.24) is 0 Å². The number of hydrogen-bond acceptors (Lipinski definition) is 3. The molecule has 0 saturated carbocycles. The predicted molar refractivity (Wildman–Crippen MR) is 86.9 cm³/mol. The van der Waals surface area contributed by atoms with Crippen LogP contribution in [0.2, 0.25) is 5.02 Å². The Bertz CT molecular complexity index is 687. The summed E-state index contributed by atoms with van der Waals surface area (Å²) in [4.78, 5) is 12.5. The molecule has 0 spiro atoms. The Morgan fingerprint density at radius 2 is 1.90 bits per heavy atom. The lowest BCUT2D eigenvalue weighted by molar-refractivity contribution is -0.113. The van der Waals surface area contributed by atoms with E-state index < -0.39 is 10.8 Å². The highest BCUT2D eigenvalue weighted by atomic mass is 35.5. The molecule has 0 aliphatic carbocycles. The van der Waals surface area contributed by atoms with Gasteiger partial charge in [0.2, 0.25) is 5.91 Å². The molecule has 0 bridgehead atoms. The summed E-state index contributed by atoms with van der Waals surface area (Å²) >= 11 is 5.77. The molecule has 21 heavy (non-hydrogen) atoms. The van der Waals surface area contributed by atoms with Crippen molar-refractivity contribution in [3.05, 3.63) is 53.1 Å². The molecule has 1 unspecified atom stereocenters. The average Bonchev–Trinajstić information content (AvgIpc) is 2.44. The van der Waals surface area contributed by atoms with Crippen LogP contribution in [0.4, 0.5) is 11.4 Å². The molecule has 2 aromatic rings. The zero-order valence-electron chi connectivity index (χ0n) is 11.4. The van der Waals surface area contributed by atoms with Gasteiger partial charge >= 0.3 is 0 Å². The van der Waals surface area contributed by atoms with E-state index in [-0.39, 0.29) is 11.7 Å². The van der Waals surface area contributed by atoms with Gasteiger partial charge in [0.05, 0.1) is 10.8 Å². The fourth-order valence-corrected chi connectivity index (χ4v) is 3.09. The molecule has 110 valence electrons. The monoisotopic (exact) mass is 322 g/mol. The summed E-state index contributed by atoms with van der Waals surface area (Å²) in [6.07, 6.45) is 0. The first kappa shape index (κ1) is 15.5. The third-order valence-corrected chi connectivity index (χ3v) is 4.67. The number of nitrogens with two attached hydrogens (primary N) is 1. The van der Waals surface area contributed by atoms with Crippen molar-refractivity contribution in [2.24, 2.45) is 0 Å². The third-order valence-electron chi connectivity index (χ3n) is 2.96. The third kappa shape index (κ3) is 4.06. The summed E-state index contributed by atoms with van der Waals surface area (Å²) < 4.78 is 12.2. The molecule has 0 aliphatic heterocycles. The minimum absolute atomic E-state index is 0.118. The standard InChI is InChI=1S/C15H15ClN2O2S/c1-10-13(17)3-2-4-14(10)21(20)9-15(19)18-12-7-5-11(16)6-8-12/h2-8H,9,17H2,1H3,(H,18,19). The van der Waals surface area contributed by atoms with Crippen molar-refractivity contribution in [3.8, 4) is 0 Å². The fraction of sp³-hybridized carbons (Fsp3) is 0.133. The van der Waals surface area contributed by atoms with Crippen LogP contribution in [0, 0.1) is 6.92 Å². The van der Waals surface area contributed by atoms with Crippen LogP contribution in [0.25, 0.3) is 0 Å². The van der Waals surface area contributed by atoms with Crippen molar-refractivity contribution >= 4 is 39.7 Å². The molecular formula is C15H15ClN2O2S. The maximum absolute atomic E-state index is 12.2. The van der Waals surface area contributed by atoms with Crippen molar-refractivity contribution < 1.29 is 9.00 Å². The number of nitrogen functional groups attached to an aromatic ring is 1. The van der Waals surface area contributed by atoms with Gasteiger partial charge in [-0.2, -0.15) is 0 Å². The van der Waals surface area contributed by atoms with Gasteiger partial charge in [0.15, 0.2) is 0 Å². The van der Waals surface area contributed by atoms with E-state index in [4.69, 9.17) is 17.3 Å². The van der Waals surface area contributed by atoms with E-state index in [1.54, 1.807) is 49.4 Å². The number of hydrogen-bond donors (Lipinski definition) is 2. The summed E-state index contributed by atoms with van der Waals surface area (Å²) in [6.45, 7) is 1.79. The lowest BCUT2D eigenvalue weighted by Crippen LogP contribution is -2.20. The summed E-state index contributed by atoms with van der Waals surface area (Å²) in [5.41, 5.74) is 7.71. The minimum Gasteiger partial charge on any atom is -0.398 e. The maximum atomic E-state index is 12.2. The Kier molecular flexibility index (Phi) is 4.98. The highest BCUT2D eigenvalue weighted by Crippen LogP contribution is 2.19. The van der Waals surface area contributed by atoms with E-state index in [1.807, 2.05) is 0 Å². The van der Waals surface area contributed by atoms with Gasteiger partial charge in [-0.3, -0.25) is 9.00 Å². The Morgan fingerprint density at radius 3 is 2.57 bits per heavy atom. The van der Waals surface area contributed by atoms with E-state index in [0.717, 1.165) is 5.56 Å². The van der Waals surface area contributed by atoms with Crippen LogP contribution in [0.5, 0.6) is 0 Å². The number of rotatable bonds is 4. The fourth-order valence-electron chi connectivity index (χ4n) is 1.81. The molecule has 0 heterocycles. The lowest BCUT2D eigenvalue weighted by atomic mass is 10.2. The zero-order valence-corrected chi connectivity index (χ0v) is 13.0. The Hall–Kier alpha value is -1.85. The molecule has 1 amide bonds. The van der Waals surface area contributed by atoms with Gasteiger partial charge in [0, 0.05) is 21.3 Å². The topological polar surface area (TPSA) is 72.2 Å². The molecule has 0 aromatic heterocycles. The molecule has 0 aliphatic rings. The van der Waals surface area contributed by atoms with Crippen molar-refractivity contribution in [3.63, 3.8) is 0 Å². The molecular weight excluding hydrogens is 308 g/mol. The van der Waals surface area contributed by atoms with Crippen LogP contribution in [0.1, 0.15) is 5.56 Å². The molecule has 4 nitrogen and oxygen atoms in total. The summed E-state index contributed by atoms with van der Waals surface area (Å²) in [7, 11) is -1.43. The van der Waals surface area contributed by atoms with Crippen molar-refractivity contribution in [1.29, 1.82) is 0 Å². The highest BCUT2D eigenvalue weighted by Gasteiger charge is 2.13. The number of amides is 1. The first-order valence-electron chi connectivity index (χ1n) is 6.26. The van der Waals surface area contributed by atoms with E-state index >= 15 is 0 Å². The molecule has 3 N–H and O–H groups in total. The van der Waals surface area contributed by atoms with Gasteiger partial charge in [-0.05, 0) is 48.9 Å². The molecule has 6 heteroatoms. The van der Waals surface area contributed by atoms with Crippen LogP contribution in [0.3, 0.4) is 0 Å². The van der Waals surface area contributed by atoms with Crippen LogP contribution < -0.4 is 11.1 Å². The SMILES string of the molecule is Cc1c(N)cccc1S(=O)CC(=O)Nc1ccc(Cl)cc1. The van der Waals surface area contributed by atoms with Crippen molar-refractivity contribution in [2.75, 3.05) is 16.8 Å². The van der Waals surface area contributed by atoms with Gasteiger partial charge in [0.25, 0.3) is 0 Å². The zero-order chi connectivity index (χ0) is 15.4. The number of anilines is 2. The molecule has 2 rings (SSSR count). The van der Waals surface area contributed by atoms with E-state index in [2.05, 4.69) is 5.32 Å². The first-order chi connectivity index (χ1) is 9.97. The Morgan fingerprint density at radius 1 is 1.24 bits per heavy atom. The highest BCUT2D eigenvalue weighted by molar-refractivity contribution is 7.85. The first-order valence-corrected chi connectivity index (χ1v) is 7.96. The second-order valence-electron chi connectivity index (χ2n) is 4.52. The van der Waals surface area contributed by atoms with Crippen LogP contribution in [0.15, 0.2) is 47.4 Å². The Balaban J connectivity index is 2.04. The van der Waals surface area contributed by atoms with E-state index in [1.165, 1.54) is 0 Å². The number of carbonyl (C=O) groups excluding carboxylic acids is 1. The minimum atomic E-state index is -1.43. The molecule has 0 fully saturated rings. The number of nitrogens with one attached hydrogen (secondary N) is 1.